The van der Waals surface area contributed by atoms with Crippen LogP contribution in [0.25, 0.3) is 11.3 Å². The second-order valence-electron chi connectivity index (χ2n) is 2.53. The Morgan fingerprint density at radius 2 is 2.38 bits per heavy atom. The summed E-state index contributed by atoms with van der Waals surface area (Å²) in [5.41, 5.74) is 1.74. The summed E-state index contributed by atoms with van der Waals surface area (Å²) in [4.78, 5) is 8.18. The Morgan fingerprint density at radius 1 is 1.46 bits per heavy atom. The molecule has 4 nitrogen and oxygen atoms in total. The first-order valence-corrected chi connectivity index (χ1v) is 3.94. The average molecular weight is 175 g/mol. The molecule has 0 aromatic carbocycles. The number of anilines is 1. The van der Waals surface area contributed by atoms with Crippen LogP contribution < -0.4 is 5.32 Å². The van der Waals surface area contributed by atoms with Crippen molar-refractivity contribution in [3.63, 3.8) is 0 Å². The van der Waals surface area contributed by atoms with Crippen LogP contribution in [0.1, 0.15) is 0 Å². The maximum absolute atomic E-state index is 5.12. The lowest BCUT2D eigenvalue weighted by atomic mass is 10.2. The van der Waals surface area contributed by atoms with Crippen LogP contribution in [0, 0.1) is 0 Å². The lowest BCUT2D eigenvalue weighted by Gasteiger charge is -1.91. The van der Waals surface area contributed by atoms with Gasteiger partial charge in [0.05, 0.1) is 0 Å². The van der Waals surface area contributed by atoms with Crippen LogP contribution in [0.4, 0.5) is 6.01 Å². The number of rotatable bonds is 2. The quantitative estimate of drug-likeness (QED) is 0.755. The predicted molar refractivity (Wildman–Crippen MR) is 49.3 cm³/mol. The van der Waals surface area contributed by atoms with Crippen molar-refractivity contribution >= 4 is 6.01 Å². The van der Waals surface area contributed by atoms with E-state index in [4.69, 9.17) is 4.42 Å². The highest BCUT2D eigenvalue weighted by atomic mass is 16.4. The van der Waals surface area contributed by atoms with Gasteiger partial charge in [0.2, 0.25) is 0 Å². The molecule has 0 aliphatic carbocycles. The molecule has 0 unspecified atom stereocenters. The highest BCUT2D eigenvalue weighted by molar-refractivity contribution is 5.57. The molecule has 0 radical (unpaired) electrons. The van der Waals surface area contributed by atoms with Crippen LogP contribution >= 0.6 is 0 Å². The van der Waals surface area contributed by atoms with Crippen LogP contribution in [0.3, 0.4) is 0 Å². The Labute approximate surface area is 75.6 Å². The number of nitrogens with zero attached hydrogens (tertiary/aromatic N) is 2. The highest BCUT2D eigenvalue weighted by Gasteiger charge is 2.03. The van der Waals surface area contributed by atoms with E-state index in [1.807, 2.05) is 12.1 Å². The van der Waals surface area contributed by atoms with Crippen molar-refractivity contribution in [2.24, 2.45) is 0 Å². The summed E-state index contributed by atoms with van der Waals surface area (Å²) in [7, 11) is 1.76. The van der Waals surface area contributed by atoms with Gasteiger partial charge in [0.25, 0.3) is 6.01 Å². The number of hydrogen-bond donors (Lipinski definition) is 1. The van der Waals surface area contributed by atoms with Gasteiger partial charge in [-0.15, -0.1) is 0 Å². The Bertz CT molecular complexity index is 383. The first-order valence-electron chi connectivity index (χ1n) is 3.94. The zero-order valence-electron chi connectivity index (χ0n) is 7.19. The molecule has 0 amide bonds. The Morgan fingerprint density at radius 3 is 3.00 bits per heavy atom. The molecule has 0 bridgehead atoms. The summed E-state index contributed by atoms with van der Waals surface area (Å²) in [6.07, 6.45) is 5.07. The second-order valence-corrected chi connectivity index (χ2v) is 2.53. The molecule has 2 aromatic heterocycles. The molecule has 0 spiro atoms. The normalized spacial score (nSPS) is 9.92. The molecular formula is C9H9N3O. The zero-order chi connectivity index (χ0) is 9.10. The van der Waals surface area contributed by atoms with Crippen molar-refractivity contribution in [3.05, 3.63) is 30.8 Å². The van der Waals surface area contributed by atoms with E-state index in [0.29, 0.717) is 6.01 Å². The molecule has 66 valence electrons. The number of aromatic nitrogens is 2. The van der Waals surface area contributed by atoms with Crippen molar-refractivity contribution in [1.82, 2.24) is 9.97 Å². The van der Waals surface area contributed by atoms with Crippen molar-refractivity contribution in [2.45, 2.75) is 0 Å². The molecule has 0 aliphatic heterocycles. The molecule has 0 saturated heterocycles. The fourth-order valence-corrected chi connectivity index (χ4v) is 1.04. The van der Waals surface area contributed by atoms with E-state index in [1.54, 1.807) is 25.7 Å². The number of nitrogens with one attached hydrogen (secondary N) is 1. The third-order valence-electron chi connectivity index (χ3n) is 1.68. The van der Waals surface area contributed by atoms with Crippen LogP contribution in [-0.4, -0.2) is 17.0 Å². The molecule has 0 atom stereocenters. The van der Waals surface area contributed by atoms with Crippen LogP contribution in [-0.2, 0) is 0 Å². The lowest BCUT2D eigenvalue weighted by Crippen LogP contribution is -1.86. The summed E-state index contributed by atoms with van der Waals surface area (Å²) in [5, 5.41) is 2.82. The van der Waals surface area contributed by atoms with Gasteiger partial charge in [-0.05, 0) is 12.1 Å². The third-order valence-corrected chi connectivity index (χ3v) is 1.68. The summed E-state index contributed by atoms with van der Waals surface area (Å²) >= 11 is 0. The van der Waals surface area contributed by atoms with Gasteiger partial charge in [-0.2, -0.15) is 4.98 Å². The predicted octanol–water partition coefficient (Wildman–Crippen LogP) is 1.78. The minimum Gasteiger partial charge on any atom is -0.432 e. The second kappa shape index (κ2) is 3.26. The Kier molecular flexibility index (Phi) is 1.96. The molecule has 2 heterocycles. The van der Waals surface area contributed by atoms with Gasteiger partial charge in [0.15, 0.2) is 0 Å². The SMILES string of the molecule is CNc1nc(-c2cccnc2)co1. The topological polar surface area (TPSA) is 51.0 Å². The molecule has 4 heteroatoms. The largest absolute Gasteiger partial charge is 0.432 e. The fraction of sp³-hybridized carbons (Fsp3) is 0.111. The van der Waals surface area contributed by atoms with Gasteiger partial charge in [-0.1, -0.05) is 0 Å². The molecule has 0 fully saturated rings. The van der Waals surface area contributed by atoms with Gasteiger partial charge in [-0.25, -0.2) is 0 Å². The van der Waals surface area contributed by atoms with E-state index >= 15 is 0 Å². The summed E-state index contributed by atoms with van der Waals surface area (Å²) in [6.45, 7) is 0. The molecule has 2 aromatic rings. The first kappa shape index (κ1) is 7.79. The zero-order valence-corrected chi connectivity index (χ0v) is 7.19. The first-order chi connectivity index (χ1) is 6.40. The molecule has 1 N–H and O–H groups in total. The van der Waals surface area contributed by atoms with Crippen LogP contribution in [0.5, 0.6) is 0 Å². The van der Waals surface area contributed by atoms with Gasteiger partial charge < -0.3 is 9.73 Å². The van der Waals surface area contributed by atoms with Crippen LogP contribution in [0.2, 0.25) is 0 Å². The van der Waals surface area contributed by atoms with E-state index in [1.165, 1.54) is 0 Å². The minimum atomic E-state index is 0.513. The molecule has 13 heavy (non-hydrogen) atoms. The fourth-order valence-electron chi connectivity index (χ4n) is 1.04. The van der Waals surface area contributed by atoms with E-state index in [2.05, 4.69) is 15.3 Å². The van der Waals surface area contributed by atoms with Gasteiger partial charge in [0, 0.05) is 25.0 Å². The highest BCUT2D eigenvalue weighted by Crippen LogP contribution is 2.18. The standard InChI is InChI=1S/C9H9N3O/c1-10-9-12-8(6-13-9)7-3-2-4-11-5-7/h2-6H,1H3,(H,10,12). The molecule has 0 aliphatic rings. The van der Waals surface area contributed by atoms with Crippen molar-refractivity contribution in [2.75, 3.05) is 12.4 Å². The summed E-state index contributed by atoms with van der Waals surface area (Å²) < 4.78 is 5.12. The number of oxazole rings is 1. The number of hydrogen-bond acceptors (Lipinski definition) is 4. The van der Waals surface area contributed by atoms with Gasteiger partial charge in [-0.3, -0.25) is 4.98 Å². The van der Waals surface area contributed by atoms with Gasteiger partial charge in [0.1, 0.15) is 12.0 Å². The Hall–Kier alpha value is -1.84. The maximum Gasteiger partial charge on any atom is 0.294 e. The third kappa shape index (κ3) is 1.51. The molecule has 2 rings (SSSR count). The van der Waals surface area contributed by atoms with E-state index in [-0.39, 0.29) is 0 Å². The average Bonchev–Trinajstić information content (AvgIpc) is 2.67. The summed E-state index contributed by atoms with van der Waals surface area (Å²) in [5.74, 6) is 0. The Balaban J connectivity index is 2.36. The van der Waals surface area contributed by atoms with E-state index in [0.717, 1.165) is 11.3 Å². The minimum absolute atomic E-state index is 0.513. The smallest absolute Gasteiger partial charge is 0.294 e. The monoisotopic (exact) mass is 175 g/mol. The van der Waals surface area contributed by atoms with Crippen LogP contribution in [0.15, 0.2) is 35.2 Å². The van der Waals surface area contributed by atoms with E-state index < -0.39 is 0 Å². The summed E-state index contributed by atoms with van der Waals surface area (Å²) in [6, 6.07) is 4.31. The molecular weight excluding hydrogens is 166 g/mol. The van der Waals surface area contributed by atoms with Crippen molar-refractivity contribution < 1.29 is 4.42 Å². The molecule has 0 saturated carbocycles. The van der Waals surface area contributed by atoms with Crippen molar-refractivity contribution in [3.8, 4) is 11.3 Å². The maximum atomic E-state index is 5.12. The number of pyridine rings is 1. The van der Waals surface area contributed by atoms with E-state index in [9.17, 15) is 0 Å². The van der Waals surface area contributed by atoms with Gasteiger partial charge >= 0.3 is 0 Å². The lowest BCUT2D eigenvalue weighted by molar-refractivity contribution is 0.576. The van der Waals surface area contributed by atoms with Crippen molar-refractivity contribution in [1.29, 1.82) is 0 Å².